The molecule has 21 heteroatoms. The molecular formula is C48H82O21. The molecule has 4 saturated carbocycles. The van der Waals surface area contributed by atoms with Gasteiger partial charge in [-0.15, -0.1) is 0 Å². The third-order valence-electron chi connectivity index (χ3n) is 18.8. The molecule has 4 aliphatic carbocycles. The molecule has 0 radical (unpaired) electrons. The van der Waals surface area contributed by atoms with Crippen LogP contribution in [0.2, 0.25) is 0 Å². The minimum absolute atomic E-state index is 0.124. The molecule has 0 spiro atoms. The van der Waals surface area contributed by atoms with Gasteiger partial charge in [-0.2, -0.15) is 0 Å². The van der Waals surface area contributed by atoms with Gasteiger partial charge < -0.3 is 94.8 Å². The summed E-state index contributed by atoms with van der Waals surface area (Å²) in [6.07, 6.45) is -20.2. The highest BCUT2D eigenvalue weighted by atomic mass is 17.1. The predicted molar refractivity (Wildman–Crippen MR) is 238 cm³/mol. The smallest absolute Gasteiger partial charge is 0.187 e. The highest BCUT2D eigenvalue weighted by Gasteiger charge is 2.73. The lowest BCUT2D eigenvalue weighted by molar-refractivity contribution is -0.383. The molecule has 21 nitrogen and oxygen atoms in total. The van der Waals surface area contributed by atoms with Crippen LogP contribution in [0.15, 0.2) is 12.2 Å². The van der Waals surface area contributed by atoms with E-state index in [4.69, 9.17) is 28.4 Å². The van der Waals surface area contributed by atoms with E-state index in [1.807, 2.05) is 20.8 Å². The van der Waals surface area contributed by atoms with Crippen LogP contribution in [0.25, 0.3) is 0 Å². The summed E-state index contributed by atoms with van der Waals surface area (Å²) in [4.78, 5) is 4.66. The first-order chi connectivity index (χ1) is 32.1. The number of fused-ring (bicyclic) bond motifs is 5. The van der Waals surface area contributed by atoms with Gasteiger partial charge in [0, 0.05) is 0 Å². The minimum Gasteiger partial charge on any atom is -0.394 e. The molecule has 14 N–H and O–H groups in total. The van der Waals surface area contributed by atoms with E-state index in [-0.39, 0.29) is 36.5 Å². The minimum atomic E-state index is -1.86. The van der Waals surface area contributed by atoms with Crippen LogP contribution in [0.3, 0.4) is 0 Å². The van der Waals surface area contributed by atoms with Crippen LogP contribution in [-0.2, 0) is 33.3 Å². The zero-order valence-electron chi connectivity index (χ0n) is 41.0. The lowest BCUT2D eigenvalue weighted by Crippen LogP contribution is -2.70. The molecule has 3 saturated heterocycles. The van der Waals surface area contributed by atoms with Gasteiger partial charge in [0.1, 0.15) is 78.8 Å². The molecule has 7 fully saturated rings. The summed E-state index contributed by atoms with van der Waals surface area (Å²) in [5.41, 5.74) is -4.57. The van der Waals surface area contributed by atoms with E-state index in [9.17, 15) is 71.6 Å². The van der Waals surface area contributed by atoms with Crippen LogP contribution < -0.4 is 0 Å². The summed E-state index contributed by atoms with van der Waals surface area (Å²) >= 11 is 0. The second kappa shape index (κ2) is 20.2. The van der Waals surface area contributed by atoms with Crippen LogP contribution in [0.1, 0.15) is 100 Å². The third-order valence-corrected chi connectivity index (χ3v) is 18.8. The van der Waals surface area contributed by atoms with Gasteiger partial charge in [0.2, 0.25) is 0 Å². The van der Waals surface area contributed by atoms with Crippen LogP contribution in [0, 0.1) is 45.3 Å². The van der Waals surface area contributed by atoms with Crippen molar-refractivity contribution in [3.05, 3.63) is 12.2 Å². The van der Waals surface area contributed by atoms with E-state index < -0.39 is 163 Å². The molecule has 69 heavy (non-hydrogen) atoms. The van der Waals surface area contributed by atoms with Crippen molar-refractivity contribution in [2.24, 2.45) is 45.3 Å². The third kappa shape index (κ3) is 9.43. The molecule has 7 aliphatic rings. The largest absolute Gasteiger partial charge is 0.394 e. The second-order valence-corrected chi connectivity index (χ2v) is 23.5. The van der Waals surface area contributed by atoms with E-state index in [0.29, 0.717) is 25.7 Å². The van der Waals surface area contributed by atoms with Gasteiger partial charge in [-0.1, -0.05) is 46.8 Å². The van der Waals surface area contributed by atoms with Gasteiger partial charge in [-0.05, 0) is 111 Å². The molecule has 0 amide bonds. The van der Waals surface area contributed by atoms with Crippen molar-refractivity contribution >= 4 is 0 Å². The number of aliphatic hydroxyl groups excluding tert-OH is 13. The van der Waals surface area contributed by atoms with Crippen molar-refractivity contribution in [1.29, 1.82) is 0 Å². The van der Waals surface area contributed by atoms with E-state index in [1.54, 1.807) is 26.0 Å². The standard InChI is InChI=1S/C48H82O21/c1-43(2,69-62)12-9-13-48(8,68-41-37(61)34(58)31(55)25(19-50)64-41)21-10-14-47(7)29(21)22(52)16-28-45(5)17-23(53)39(44(3,4)27(45)11-15-46(28,47)6)67-42-38(35(59)32(56)26(20-51)65-42)66-40-36(60)33(57)30(54)24(18-49)63-40/h9,12,21-42,49-62H,10-11,13-20H2,1-8H3/t21-,22+,23+,24+,25+,26+,27-,28+,29-,30+,31+,32+,33-,34-,35-,36+,37+,38+,39-,40-,41-,42-,45-,46+,47+,48+/m0/s1. The molecule has 0 bridgehead atoms. The maximum absolute atomic E-state index is 12.7. The molecule has 3 heterocycles. The number of ether oxygens (including phenoxy) is 6. The summed E-state index contributed by atoms with van der Waals surface area (Å²) in [6.45, 7) is 13.7. The number of hydrogen-bond donors (Lipinski definition) is 14. The fourth-order valence-electron chi connectivity index (χ4n) is 14.9. The molecule has 0 aromatic rings. The molecule has 26 atom stereocenters. The van der Waals surface area contributed by atoms with Gasteiger partial charge in [-0.25, -0.2) is 4.89 Å². The van der Waals surface area contributed by atoms with Crippen LogP contribution in [-0.4, -0.2) is 213 Å². The zero-order chi connectivity index (χ0) is 51.1. The lowest BCUT2D eigenvalue weighted by Gasteiger charge is -2.71. The Morgan fingerprint density at radius 2 is 1.12 bits per heavy atom. The maximum Gasteiger partial charge on any atom is 0.187 e. The Bertz CT molecular complexity index is 1770. The van der Waals surface area contributed by atoms with E-state index in [1.165, 1.54) is 0 Å². The van der Waals surface area contributed by atoms with Crippen LogP contribution >= 0.6 is 0 Å². The van der Waals surface area contributed by atoms with Gasteiger partial charge in [-0.3, -0.25) is 5.26 Å². The molecule has 400 valence electrons. The molecular weight excluding hydrogens is 913 g/mol. The predicted octanol–water partition coefficient (Wildman–Crippen LogP) is -1.59. The Morgan fingerprint density at radius 3 is 1.68 bits per heavy atom. The summed E-state index contributed by atoms with van der Waals surface area (Å²) < 4.78 is 36.8. The van der Waals surface area contributed by atoms with Crippen molar-refractivity contribution < 1.29 is 105 Å². The Kier molecular flexibility index (Phi) is 16.3. The normalized spacial score (nSPS) is 52.2. The highest BCUT2D eigenvalue weighted by molar-refractivity contribution is 5.21. The fourth-order valence-corrected chi connectivity index (χ4v) is 14.9. The maximum atomic E-state index is 12.7. The van der Waals surface area contributed by atoms with Crippen LogP contribution in [0.4, 0.5) is 0 Å². The van der Waals surface area contributed by atoms with Crippen molar-refractivity contribution in [2.75, 3.05) is 19.8 Å². The Balaban J connectivity index is 1.16. The quantitative estimate of drug-likeness (QED) is 0.0404. The SMILES string of the molecule is CC(C)(C=CC[C@@](C)(O[C@@H]1O[C@H](CO)[C@@H](O)[C@H](O)[C@H]1O)[C@H]1CC[C@]2(C)[C@@H]1[C@H](O)C[C@@H]1[C@@]3(C)C[C@@H](O)[C@H](O[C@@H]4O[C@H](CO)[C@@H](O)[C@H](O)[C@H]4O[C@@H]4O[C@H](CO)[C@@H](O)[C@H](O)[C@H]4O)C(C)(C)[C@@H]3CC[C@]12C)OO. The summed E-state index contributed by atoms with van der Waals surface area (Å²) in [7, 11) is 0. The topological polar surface area (TPSA) is 348 Å². The number of aliphatic hydroxyl groups is 13. The van der Waals surface area contributed by atoms with Crippen molar-refractivity contribution in [2.45, 2.75) is 222 Å². The monoisotopic (exact) mass is 995 g/mol. The fraction of sp³-hybridized carbons (Fsp3) is 0.958. The first-order valence-electron chi connectivity index (χ1n) is 24.7. The Hall–Kier alpha value is -1.10. The number of hydrogen-bond acceptors (Lipinski definition) is 21. The summed E-state index contributed by atoms with van der Waals surface area (Å²) in [5, 5.41) is 151. The first kappa shape index (κ1) is 55.6. The van der Waals surface area contributed by atoms with Gasteiger partial charge in [0.25, 0.3) is 0 Å². The Morgan fingerprint density at radius 1 is 0.594 bits per heavy atom. The zero-order valence-corrected chi connectivity index (χ0v) is 41.0. The molecule has 7 rings (SSSR count). The average molecular weight is 995 g/mol. The molecule has 3 aliphatic heterocycles. The van der Waals surface area contributed by atoms with E-state index >= 15 is 0 Å². The van der Waals surface area contributed by atoms with E-state index in [2.05, 4.69) is 25.7 Å². The molecule has 0 aromatic carbocycles. The highest BCUT2D eigenvalue weighted by Crippen LogP contribution is 2.76. The first-order valence-corrected chi connectivity index (χ1v) is 24.7. The van der Waals surface area contributed by atoms with E-state index in [0.717, 1.165) is 6.42 Å². The van der Waals surface area contributed by atoms with Gasteiger partial charge in [0.15, 0.2) is 18.9 Å². The van der Waals surface area contributed by atoms with Gasteiger partial charge in [0.05, 0.1) is 43.7 Å². The number of rotatable bonds is 14. The van der Waals surface area contributed by atoms with Gasteiger partial charge >= 0.3 is 0 Å². The van der Waals surface area contributed by atoms with Crippen molar-refractivity contribution in [1.82, 2.24) is 0 Å². The molecule has 0 aromatic heterocycles. The van der Waals surface area contributed by atoms with Crippen LogP contribution in [0.5, 0.6) is 0 Å². The van der Waals surface area contributed by atoms with Crippen molar-refractivity contribution in [3.63, 3.8) is 0 Å². The second-order valence-electron chi connectivity index (χ2n) is 23.5. The average Bonchev–Trinajstić information content (AvgIpc) is 3.68. The summed E-state index contributed by atoms with van der Waals surface area (Å²) in [5.74, 6) is -0.960. The molecule has 0 unspecified atom stereocenters. The van der Waals surface area contributed by atoms with Crippen molar-refractivity contribution in [3.8, 4) is 0 Å². The lowest BCUT2D eigenvalue weighted by atomic mass is 9.35. The Labute approximate surface area is 403 Å². The summed E-state index contributed by atoms with van der Waals surface area (Å²) in [6, 6.07) is 0.